The highest BCUT2D eigenvalue weighted by atomic mass is 15.2. The molecule has 0 amide bonds. The average Bonchev–Trinajstić information content (AvgIpc) is 2.76. The molecule has 0 saturated carbocycles. The summed E-state index contributed by atoms with van der Waals surface area (Å²) in [6, 6.07) is 6.76. The Bertz CT molecular complexity index is 467. The minimum Gasteiger partial charge on any atom is -0.384 e. The molecule has 1 atom stereocenters. The molecule has 3 N–H and O–H groups in total. The summed E-state index contributed by atoms with van der Waals surface area (Å²) in [6.07, 6.45) is 2.42. The number of hydrogen-bond donors (Lipinski definition) is 2. The number of nitrogens with one attached hydrogen (secondary N) is 1. The number of benzene rings is 1. The van der Waals surface area contributed by atoms with E-state index in [1.165, 1.54) is 12.8 Å². The van der Waals surface area contributed by atoms with Crippen LogP contribution in [0.2, 0.25) is 0 Å². The average molecular weight is 260 g/mol. The summed E-state index contributed by atoms with van der Waals surface area (Å²) < 4.78 is 0. The van der Waals surface area contributed by atoms with E-state index in [1.54, 1.807) is 0 Å². The van der Waals surface area contributed by atoms with Crippen molar-refractivity contribution >= 4 is 11.5 Å². The Labute approximate surface area is 115 Å². The highest BCUT2D eigenvalue weighted by molar-refractivity contribution is 6.00. The summed E-state index contributed by atoms with van der Waals surface area (Å²) in [5, 5.41) is 7.78. The van der Waals surface area contributed by atoms with Crippen LogP contribution >= 0.6 is 0 Å². The number of nitrogen functional groups attached to an aromatic ring is 1. The van der Waals surface area contributed by atoms with Crippen LogP contribution in [-0.2, 0) is 0 Å². The van der Waals surface area contributed by atoms with Crippen molar-refractivity contribution in [3.8, 4) is 0 Å². The minimum absolute atomic E-state index is 0.161. The van der Waals surface area contributed by atoms with E-state index in [0.717, 1.165) is 29.9 Å². The van der Waals surface area contributed by atoms with E-state index in [1.807, 2.05) is 13.0 Å². The zero-order valence-corrected chi connectivity index (χ0v) is 12.1. The Balaban J connectivity index is 2.32. The van der Waals surface area contributed by atoms with Gasteiger partial charge in [-0.3, -0.25) is 5.41 Å². The van der Waals surface area contributed by atoms with Crippen molar-refractivity contribution in [3.63, 3.8) is 0 Å². The summed E-state index contributed by atoms with van der Waals surface area (Å²) in [5.74, 6) is 0.161. The second kappa shape index (κ2) is 5.61. The molecule has 19 heavy (non-hydrogen) atoms. The third-order valence-corrected chi connectivity index (χ3v) is 3.70. The Morgan fingerprint density at radius 2 is 2.21 bits per heavy atom. The van der Waals surface area contributed by atoms with Crippen LogP contribution in [0.4, 0.5) is 5.69 Å². The molecule has 0 aromatic heterocycles. The summed E-state index contributed by atoms with van der Waals surface area (Å²) in [5.41, 5.74) is 8.87. The fourth-order valence-corrected chi connectivity index (χ4v) is 2.88. The van der Waals surface area contributed by atoms with Gasteiger partial charge in [-0.05, 0) is 46.0 Å². The van der Waals surface area contributed by atoms with E-state index < -0.39 is 0 Å². The first kappa shape index (κ1) is 13.9. The first-order valence-corrected chi connectivity index (χ1v) is 6.85. The van der Waals surface area contributed by atoms with Gasteiger partial charge >= 0.3 is 0 Å². The molecule has 1 unspecified atom stereocenters. The third kappa shape index (κ3) is 3.07. The molecule has 1 heterocycles. The quantitative estimate of drug-likeness (QED) is 0.641. The molecule has 4 heteroatoms. The molecule has 0 radical (unpaired) electrons. The number of hydrogen-bond acceptors (Lipinski definition) is 3. The number of likely N-dealkylation sites (N-methyl/N-ethyl adjacent to an activating group) is 1. The van der Waals surface area contributed by atoms with Crippen molar-refractivity contribution in [1.82, 2.24) is 4.90 Å². The molecular formula is C15H24N4. The topological polar surface area (TPSA) is 56.4 Å². The summed E-state index contributed by atoms with van der Waals surface area (Å²) in [6.45, 7) is 4.14. The smallest absolute Gasteiger partial charge is 0.124 e. The number of nitrogens with two attached hydrogens (primary N) is 1. The summed E-state index contributed by atoms with van der Waals surface area (Å²) in [4.78, 5) is 4.64. The van der Waals surface area contributed by atoms with Crippen molar-refractivity contribution in [3.05, 3.63) is 29.3 Å². The Morgan fingerprint density at radius 1 is 1.47 bits per heavy atom. The zero-order valence-electron chi connectivity index (χ0n) is 12.1. The van der Waals surface area contributed by atoms with Gasteiger partial charge in [-0.25, -0.2) is 0 Å². The van der Waals surface area contributed by atoms with Gasteiger partial charge < -0.3 is 15.5 Å². The van der Waals surface area contributed by atoms with E-state index >= 15 is 0 Å². The number of anilines is 1. The van der Waals surface area contributed by atoms with E-state index in [-0.39, 0.29) is 5.84 Å². The SMILES string of the molecule is Cc1ccc(N2CCCC2CN(C)C)c(C(=N)N)c1. The van der Waals surface area contributed by atoms with Crippen molar-refractivity contribution in [2.24, 2.45) is 5.73 Å². The molecule has 1 saturated heterocycles. The van der Waals surface area contributed by atoms with Crippen LogP contribution in [0.1, 0.15) is 24.0 Å². The lowest BCUT2D eigenvalue weighted by molar-refractivity contribution is 0.372. The normalized spacial score (nSPS) is 19.2. The van der Waals surface area contributed by atoms with Crippen LogP contribution < -0.4 is 10.6 Å². The second-order valence-electron chi connectivity index (χ2n) is 5.69. The monoisotopic (exact) mass is 260 g/mol. The highest BCUT2D eigenvalue weighted by Crippen LogP contribution is 2.29. The van der Waals surface area contributed by atoms with Crippen LogP contribution in [0.15, 0.2) is 18.2 Å². The predicted molar refractivity (Wildman–Crippen MR) is 81.1 cm³/mol. The number of amidine groups is 1. The molecule has 0 spiro atoms. The summed E-state index contributed by atoms with van der Waals surface area (Å²) >= 11 is 0. The number of aryl methyl sites for hydroxylation is 1. The number of nitrogens with zero attached hydrogens (tertiary/aromatic N) is 2. The number of rotatable bonds is 4. The lowest BCUT2D eigenvalue weighted by Crippen LogP contribution is -2.38. The maximum Gasteiger partial charge on any atom is 0.124 e. The van der Waals surface area contributed by atoms with E-state index in [9.17, 15) is 0 Å². The molecule has 1 aliphatic heterocycles. The molecule has 1 fully saturated rings. The molecule has 1 aromatic rings. The standard InChI is InChI=1S/C15H24N4/c1-11-6-7-14(13(9-11)15(16)17)19-8-4-5-12(19)10-18(2)3/h6-7,9,12H,4-5,8,10H2,1-3H3,(H3,16,17). The predicted octanol–water partition coefficient (Wildman–Crippen LogP) is 1.81. The molecule has 0 bridgehead atoms. The van der Waals surface area contributed by atoms with Gasteiger partial charge in [0.25, 0.3) is 0 Å². The molecule has 1 aliphatic rings. The molecule has 104 valence electrons. The second-order valence-corrected chi connectivity index (χ2v) is 5.69. The van der Waals surface area contributed by atoms with Crippen molar-refractivity contribution in [1.29, 1.82) is 5.41 Å². The van der Waals surface area contributed by atoms with Crippen molar-refractivity contribution < 1.29 is 0 Å². The third-order valence-electron chi connectivity index (χ3n) is 3.70. The van der Waals surface area contributed by atoms with Gasteiger partial charge in [0.15, 0.2) is 0 Å². The first-order valence-electron chi connectivity index (χ1n) is 6.85. The highest BCUT2D eigenvalue weighted by Gasteiger charge is 2.27. The molecule has 0 aliphatic carbocycles. The summed E-state index contributed by atoms with van der Waals surface area (Å²) in [7, 11) is 4.22. The van der Waals surface area contributed by atoms with Gasteiger partial charge in [0.2, 0.25) is 0 Å². The maximum absolute atomic E-state index is 7.78. The van der Waals surface area contributed by atoms with Gasteiger partial charge in [0.05, 0.1) is 0 Å². The lowest BCUT2D eigenvalue weighted by Gasteiger charge is -2.30. The Morgan fingerprint density at radius 3 is 2.84 bits per heavy atom. The Hall–Kier alpha value is -1.55. The van der Waals surface area contributed by atoms with E-state index in [4.69, 9.17) is 11.1 Å². The maximum atomic E-state index is 7.78. The fraction of sp³-hybridized carbons (Fsp3) is 0.533. The Kier molecular flexibility index (Phi) is 4.10. The molecule has 1 aromatic carbocycles. The lowest BCUT2D eigenvalue weighted by atomic mass is 10.1. The van der Waals surface area contributed by atoms with E-state index in [2.05, 4.69) is 36.0 Å². The van der Waals surface area contributed by atoms with Gasteiger partial charge in [-0.15, -0.1) is 0 Å². The van der Waals surface area contributed by atoms with Gasteiger partial charge in [0, 0.05) is 30.4 Å². The molecule has 2 rings (SSSR count). The minimum atomic E-state index is 0.161. The van der Waals surface area contributed by atoms with Crippen molar-refractivity contribution in [2.75, 3.05) is 32.1 Å². The van der Waals surface area contributed by atoms with Crippen molar-refractivity contribution in [2.45, 2.75) is 25.8 Å². The van der Waals surface area contributed by atoms with Crippen LogP contribution in [-0.4, -0.2) is 44.0 Å². The molecule has 4 nitrogen and oxygen atoms in total. The molecular weight excluding hydrogens is 236 g/mol. The van der Waals surface area contributed by atoms with Crippen LogP contribution in [0.25, 0.3) is 0 Å². The van der Waals surface area contributed by atoms with Gasteiger partial charge in [-0.2, -0.15) is 0 Å². The van der Waals surface area contributed by atoms with Crippen LogP contribution in [0, 0.1) is 12.3 Å². The largest absolute Gasteiger partial charge is 0.384 e. The van der Waals surface area contributed by atoms with Crippen LogP contribution in [0.3, 0.4) is 0 Å². The van der Waals surface area contributed by atoms with E-state index in [0.29, 0.717) is 6.04 Å². The fourth-order valence-electron chi connectivity index (χ4n) is 2.88. The first-order chi connectivity index (χ1) is 8.99. The van der Waals surface area contributed by atoms with Crippen LogP contribution in [0.5, 0.6) is 0 Å². The van der Waals surface area contributed by atoms with Gasteiger partial charge in [-0.1, -0.05) is 11.6 Å². The zero-order chi connectivity index (χ0) is 14.0. The van der Waals surface area contributed by atoms with Gasteiger partial charge in [0.1, 0.15) is 5.84 Å².